The summed E-state index contributed by atoms with van der Waals surface area (Å²) in [5, 5.41) is 5.58. The number of benzene rings is 2. The fraction of sp³-hybridized carbons (Fsp3) is 0.286. The normalized spacial score (nSPS) is 12.5. The molecule has 0 bridgehead atoms. The number of carbonyl (C=O) groups excluding carboxylic acids is 3. The van der Waals surface area contributed by atoms with Crippen molar-refractivity contribution in [3.05, 3.63) is 47.0 Å². The summed E-state index contributed by atoms with van der Waals surface area (Å²) >= 11 is 0. The number of hydrogen-bond acceptors (Lipinski definition) is 5. The third-order valence-electron chi connectivity index (χ3n) is 4.67. The molecule has 2 aromatic rings. The lowest BCUT2D eigenvalue weighted by Gasteiger charge is -2.19. The van der Waals surface area contributed by atoms with E-state index in [0.29, 0.717) is 41.3 Å². The molecule has 2 N–H and O–H groups in total. The molecular formula is C21H23N3O5. The van der Waals surface area contributed by atoms with Gasteiger partial charge >= 0.3 is 0 Å². The highest BCUT2D eigenvalue weighted by Crippen LogP contribution is 2.34. The summed E-state index contributed by atoms with van der Waals surface area (Å²) in [6, 6.07) is 8.19. The number of nitrogens with zero attached hydrogens (tertiary/aromatic N) is 1. The molecule has 1 aliphatic rings. The van der Waals surface area contributed by atoms with Gasteiger partial charge in [-0.3, -0.25) is 14.4 Å². The zero-order valence-corrected chi connectivity index (χ0v) is 16.8. The lowest BCUT2D eigenvalue weighted by molar-refractivity contribution is -0.116. The average Bonchev–Trinajstić information content (AvgIpc) is 2.72. The van der Waals surface area contributed by atoms with Crippen LogP contribution in [0, 0.1) is 0 Å². The first-order valence-electron chi connectivity index (χ1n) is 9.05. The van der Waals surface area contributed by atoms with Crippen LogP contribution >= 0.6 is 0 Å². The molecule has 0 saturated heterocycles. The van der Waals surface area contributed by atoms with Gasteiger partial charge in [-0.05, 0) is 36.2 Å². The molecule has 0 atom stereocenters. The molecular weight excluding hydrogens is 374 g/mol. The molecule has 0 unspecified atom stereocenters. The van der Waals surface area contributed by atoms with Crippen LogP contribution in [0.2, 0.25) is 0 Å². The van der Waals surface area contributed by atoms with Crippen molar-refractivity contribution in [3.63, 3.8) is 0 Å². The van der Waals surface area contributed by atoms with E-state index < -0.39 is 0 Å². The van der Waals surface area contributed by atoms with Gasteiger partial charge in [0, 0.05) is 37.8 Å². The molecule has 152 valence electrons. The molecule has 8 heteroatoms. The van der Waals surface area contributed by atoms with Gasteiger partial charge in [-0.2, -0.15) is 0 Å². The third kappa shape index (κ3) is 4.16. The number of nitrogens with one attached hydrogen (secondary N) is 2. The van der Waals surface area contributed by atoms with Gasteiger partial charge in [0.2, 0.25) is 5.91 Å². The summed E-state index contributed by atoms with van der Waals surface area (Å²) in [4.78, 5) is 38.4. The van der Waals surface area contributed by atoms with Crippen molar-refractivity contribution >= 4 is 29.1 Å². The highest BCUT2D eigenvalue weighted by Gasteiger charge is 2.21. The minimum atomic E-state index is -0.371. The molecule has 1 heterocycles. The Morgan fingerprint density at radius 1 is 1.03 bits per heavy atom. The first kappa shape index (κ1) is 20.2. The Balaban J connectivity index is 1.95. The molecule has 29 heavy (non-hydrogen) atoms. The molecule has 2 aromatic carbocycles. The molecule has 1 aliphatic heterocycles. The van der Waals surface area contributed by atoms with Gasteiger partial charge in [0.1, 0.15) is 0 Å². The Bertz CT molecular complexity index is 985. The van der Waals surface area contributed by atoms with E-state index in [9.17, 15) is 14.4 Å². The molecule has 0 radical (unpaired) electrons. The lowest BCUT2D eigenvalue weighted by atomic mass is 10.00. The van der Waals surface area contributed by atoms with Crippen LogP contribution in [-0.4, -0.2) is 50.9 Å². The number of hydrogen-bond donors (Lipinski definition) is 2. The fourth-order valence-electron chi connectivity index (χ4n) is 3.12. The van der Waals surface area contributed by atoms with Gasteiger partial charge in [-0.15, -0.1) is 0 Å². The van der Waals surface area contributed by atoms with Crippen molar-refractivity contribution < 1.29 is 23.9 Å². The van der Waals surface area contributed by atoms with E-state index in [-0.39, 0.29) is 23.3 Å². The zero-order chi connectivity index (χ0) is 21.1. The van der Waals surface area contributed by atoms with Gasteiger partial charge < -0.3 is 25.0 Å². The van der Waals surface area contributed by atoms with Crippen molar-refractivity contribution in [2.75, 3.05) is 38.9 Å². The first-order valence-corrected chi connectivity index (χ1v) is 9.05. The maximum Gasteiger partial charge on any atom is 0.255 e. The van der Waals surface area contributed by atoms with Gasteiger partial charge in [-0.1, -0.05) is 0 Å². The summed E-state index contributed by atoms with van der Waals surface area (Å²) in [6.07, 6.45) is 0.957. The molecule has 0 fully saturated rings. The number of aryl methyl sites for hydroxylation is 1. The van der Waals surface area contributed by atoms with Crippen molar-refractivity contribution in [1.29, 1.82) is 0 Å². The maximum atomic E-state index is 12.9. The summed E-state index contributed by atoms with van der Waals surface area (Å²) in [5.74, 6) is 0.0949. The van der Waals surface area contributed by atoms with E-state index in [2.05, 4.69) is 10.6 Å². The van der Waals surface area contributed by atoms with E-state index in [1.54, 1.807) is 44.4 Å². The summed E-state index contributed by atoms with van der Waals surface area (Å²) < 4.78 is 10.6. The lowest BCUT2D eigenvalue weighted by Crippen LogP contribution is -2.24. The predicted octanol–water partition coefficient (Wildman–Crippen LogP) is 2.54. The van der Waals surface area contributed by atoms with E-state index in [1.165, 1.54) is 19.1 Å². The van der Waals surface area contributed by atoms with Crippen LogP contribution in [-0.2, 0) is 11.2 Å². The maximum absolute atomic E-state index is 12.9. The molecule has 0 aromatic heterocycles. The Morgan fingerprint density at radius 2 is 1.72 bits per heavy atom. The number of fused-ring (bicyclic) bond motifs is 1. The third-order valence-corrected chi connectivity index (χ3v) is 4.67. The molecule has 0 aliphatic carbocycles. The summed E-state index contributed by atoms with van der Waals surface area (Å²) in [6.45, 7) is 0. The van der Waals surface area contributed by atoms with Crippen molar-refractivity contribution in [1.82, 2.24) is 4.90 Å². The average molecular weight is 397 g/mol. The van der Waals surface area contributed by atoms with Crippen LogP contribution in [0.4, 0.5) is 11.4 Å². The van der Waals surface area contributed by atoms with Crippen LogP contribution < -0.4 is 20.1 Å². The predicted molar refractivity (Wildman–Crippen MR) is 109 cm³/mol. The summed E-state index contributed by atoms with van der Waals surface area (Å²) in [5.41, 5.74) is 2.64. The van der Waals surface area contributed by atoms with Crippen LogP contribution in [0.1, 0.15) is 32.7 Å². The van der Waals surface area contributed by atoms with E-state index >= 15 is 0 Å². The molecule has 0 spiro atoms. The van der Waals surface area contributed by atoms with Crippen molar-refractivity contribution in [2.45, 2.75) is 12.8 Å². The van der Waals surface area contributed by atoms with Crippen molar-refractivity contribution in [3.8, 4) is 11.5 Å². The van der Waals surface area contributed by atoms with Gasteiger partial charge in [-0.25, -0.2) is 0 Å². The second-order valence-corrected chi connectivity index (χ2v) is 6.83. The van der Waals surface area contributed by atoms with E-state index in [0.717, 1.165) is 5.56 Å². The molecule has 3 rings (SSSR count). The Morgan fingerprint density at radius 3 is 2.38 bits per heavy atom. The first-order chi connectivity index (χ1) is 13.8. The Kier molecular flexibility index (Phi) is 5.72. The molecule has 8 nitrogen and oxygen atoms in total. The smallest absolute Gasteiger partial charge is 0.255 e. The second kappa shape index (κ2) is 8.22. The number of anilines is 2. The van der Waals surface area contributed by atoms with Crippen LogP contribution in [0.5, 0.6) is 11.5 Å². The molecule has 3 amide bonds. The minimum absolute atomic E-state index is 0.0353. The minimum Gasteiger partial charge on any atom is -0.493 e. The van der Waals surface area contributed by atoms with Crippen LogP contribution in [0.25, 0.3) is 0 Å². The number of rotatable bonds is 5. The van der Waals surface area contributed by atoms with E-state index in [1.807, 2.05) is 0 Å². The van der Waals surface area contributed by atoms with E-state index in [4.69, 9.17) is 9.47 Å². The van der Waals surface area contributed by atoms with Crippen LogP contribution in [0.15, 0.2) is 30.3 Å². The monoisotopic (exact) mass is 397 g/mol. The van der Waals surface area contributed by atoms with Crippen molar-refractivity contribution in [2.24, 2.45) is 0 Å². The fourth-order valence-corrected chi connectivity index (χ4v) is 3.12. The highest BCUT2D eigenvalue weighted by atomic mass is 16.5. The van der Waals surface area contributed by atoms with Gasteiger partial charge in [0.05, 0.1) is 25.5 Å². The second-order valence-electron chi connectivity index (χ2n) is 6.83. The zero-order valence-electron chi connectivity index (χ0n) is 16.8. The molecule has 0 saturated carbocycles. The van der Waals surface area contributed by atoms with Crippen LogP contribution in [0.3, 0.4) is 0 Å². The van der Waals surface area contributed by atoms with Gasteiger partial charge in [0.15, 0.2) is 11.5 Å². The number of carbonyl (C=O) groups is 3. The highest BCUT2D eigenvalue weighted by molar-refractivity contribution is 6.10. The standard InChI is InChI=1S/C21H23N3O5/c1-24(2)21(27)14-10-17(28-3)18(29-4)11-16(14)23-20(26)13-5-7-15-12(9-13)6-8-19(25)22-15/h5,7,9-11H,6,8H2,1-4H3,(H,22,25)(H,23,26). The number of methoxy groups -OCH3 is 2. The Hall–Kier alpha value is -3.55. The summed E-state index contributed by atoms with van der Waals surface area (Å²) in [7, 11) is 6.21. The topological polar surface area (TPSA) is 97.0 Å². The largest absolute Gasteiger partial charge is 0.493 e. The number of ether oxygens (including phenoxy) is 2. The quantitative estimate of drug-likeness (QED) is 0.808. The van der Waals surface area contributed by atoms with Gasteiger partial charge in [0.25, 0.3) is 11.8 Å². The Labute approximate surface area is 168 Å². The number of amides is 3. The SMILES string of the molecule is COc1cc(NC(=O)c2ccc3c(c2)CCC(=O)N3)c(C(=O)N(C)C)cc1OC.